The van der Waals surface area contributed by atoms with Crippen LogP contribution in [-0.2, 0) is 4.79 Å². The van der Waals surface area contributed by atoms with Crippen LogP contribution >= 0.6 is 0 Å². The van der Waals surface area contributed by atoms with Crippen LogP contribution in [0, 0.1) is 10.1 Å². The first kappa shape index (κ1) is 18.4. The smallest absolute Gasteiger partial charge is 0.269 e. The maximum absolute atomic E-state index is 12.3. The van der Waals surface area contributed by atoms with Crippen molar-refractivity contribution in [3.63, 3.8) is 0 Å². The largest absolute Gasteiger partial charge is 0.383 e. The van der Waals surface area contributed by atoms with Crippen molar-refractivity contribution in [2.24, 2.45) is 0 Å². The highest BCUT2D eigenvalue weighted by Crippen LogP contribution is 2.22. The minimum absolute atomic E-state index is 0.0326. The Morgan fingerprint density at radius 3 is 2.59 bits per heavy atom. The van der Waals surface area contributed by atoms with Crippen molar-refractivity contribution in [2.45, 2.75) is 12.8 Å². The summed E-state index contributed by atoms with van der Waals surface area (Å²) in [4.78, 5) is 36.0. The molecule has 140 valence electrons. The number of hydrogen-bond donors (Lipinski definition) is 2. The number of nitrogens with zero attached hydrogens (tertiary/aromatic N) is 2. The van der Waals surface area contributed by atoms with Gasteiger partial charge in [0.2, 0.25) is 5.91 Å². The van der Waals surface area contributed by atoms with Crippen LogP contribution in [0.25, 0.3) is 0 Å². The molecule has 27 heavy (non-hydrogen) atoms. The molecule has 0 radical (unpaired) electrons. The van der Waals surface area contributed by atoms with Gasteiger partial charge in [-0.05, 0) is 36.8 Å². The van der Waals surface area contributed by atoms with Gasteiger partial charge in [0.15, 0.2) is 0 Å². The van der Waals surface area contributed by atoms with Crippen LogP contribution in [0.5, 0.6) is 0 Å². The first-order valence-electron chi connectivity index (χ1n) is 8.71. The molecule has 2 aromatic rings. The van der Waals surface area contributed by atoms with Gasteiger partial charge in [-0.1, -0.05) is 6.07 Å². The highest BCUT2D eigenvalue weighted by molar-refractivity contribution is 5.99. The molecule has 0 aliphatic carbocycles. The Hall–Kier alpha value is -3.42. The third kappa shape index (κ3) is 4.60. The standard InChI is InChI=1S/C19H20N4O4/c24-18-5-2-12-22(18)17-4-1-3-14(13-17)19(25)21-11-10-20-15-6-8-16(9-7-15)23(26)27/h1,3-4,6-9,13,20H,2,5,10-12H2,(H,21,25). The summed E-state index contributed by atoms with van der Waals surface area (Å²) in [7, 11) is 0. The van der Waals surface area contributed by atoms with E-state index in [1.54, 1.807) is 35.2 Å². The maximum atomic E-state index is 12.3. The van der Waals surface area contributed by atoms with Gasteiger partial charge in [-0.2, -0.15) is 0 Å². The number of benzene rings is 2. The summed E-state index contributed by atoms with van der Waals surface area (Å²) >= 11 is 0. The van der Waals surface area contributed by atoms with Crippen LogP contribution in [-0.4, -0.2) is 36.4 Å². The summed E-state index contributed by atoms with van der Waals surface area (Å²) in [5.74, 6) is -0.131. The summed E-state index contributed by atoms with van der Waals surface area (Å²) in [5.41, 5.74) is 2.02. The van der Waals surface area contributed by atoms with Crippen LogP contribution in [0.3, 0.4) is 0 Å². The molecule has 0 bridgehead atoms. The summed E-state index contributed by atoms with van der Waals surface area (Å²) in [6, 6.07) is 13.1. The molecule has 0 unspecified atom stereocenters. The topological polar surface area (TPSA) is 105 Å². The number of nitro benzene ring substituents is 1. The Kier molecular flexibility index (Phi) is 5.65. The SMILES string of the molecule is O=C(NCCNc1ccc([N+](=O)[O-])cc1)c1cccc(N2CCCC2=O)c1. The molecule has 1 fully saturated rings. The van der Waals surface area contributed by atoms with E-state index in [9.17, 15) is 19.7 Å². The van der Waals surface area contributed by atoms with E-state index < -0.39 is 4.92 Å². The number of nitro groups is 1. The summed E-state index contributed by atoms with van der Waals surface area (Å²) < 4.78 is 0. The maximum Gasteiger partial charge on any atom is 0.269 e. The summed E-state index contributed by atoms with van der Waals surface area (Å²) in [6.45, 7) is 1.56. The number of rotatable bonds is 7. The van der Waals surface area contributed by atoms with Crippen LogP contribution in [0.4, 0.5) is 17.1 Å². The number of amides is 2. The normalized spacial score (nSPS) is 13.5. The Labute approximate surface area is 156 Å². The van der Waals surface area contributed by atoms with Crippen LogP contribution in [0.15, 0.2) is 48.5 Å². The molecule has 0 spiro atoms. The number of carbonyl (C=O) groups excluding carboxylic acids is 2. The number of hydrogen-bond acceptors (Lipinski definition) is 5. The number of carbonyl (C=O) groups is 2. The van der Waals surface area contributed by atoms with Crippen molar-refractivity contribution in [3.8, 4) is 0 Å². The van der Waals surface area contributed by atoms with Crippen molar-refractivity contribution >= 4 is 28.9 Å². The average Bonchev–Trinajstić information content (AvgIpc) is 3.11. The molecule has 8 nitrogen and oxygen atoms in total. The molecule has 2 N–H and O–H groups in total. The minimum atomic E-state index is -0.451. The van der Waals surface area contributed by atoms with E-state index in [1.807, 2.05) is 6.07 Å². The Bertz CT molecular complexity index is 851. The van der Waals surface area contributed by atoms with Crippen molar-refractivity contribution in [2.75, 3.05) is 29.9 Å². The van der Waals surface area contributed by atoms with Gasteiger partial charge in [-0.15, -0.1) is 0 Å². The van der Waals surface area contributed by atoms with Gasteiger partial charge in [0.25, 0.3) is 11.6 Å². The van der Waals surface area contributed by atoms with E-state index in [2.05, 4.69) is 10.6 Å². The Morgan fingerprint density at radius 1 is 1.15 bits per heavy atom. The molecule has 1 saturated heterocycles. The highest BCUT2D eigenvalue weighted by Gasteiger charge is 2.22. The Balaban J connectivity index is 1.49. The molecule has 0 aromatic heterocycles. The van der Waals surface area contributed by atoms with E-state index in [0.717, 1.165) is 17.8 Å². The first-order valence-corrected chi connectivity index (χ1v) is 8.71. The fraction of sp³-hybridized carbons (Fsp3) is 0.263. The zero-order valence-electron chi connectivity index (χ0n) is 14.7. The lowest BCUT2D eigenvalue weighted by molar-refractivity contribution is -0.384. The van der Waals surface area contributed by atoms with Gasteiger partial charge in [0, 0.05) is 55.1 Å². The predicted octanol–water partition coefficient (Wildman–Crippen LogP) is 2.56. The second-order valence-electron chi connectivity index (χ2n) is 6.19. The zero-order valence-corrected chi connectivity index (χ0v) is 14.7. The fourth-order valence-electron chi connectivity index (χ4n) is 2.92. The molecule has 2 aromatic carbocycles. The monoisotopic (exact) mass is 368 g/mol. The highest BCUT2D eigenvalue weighted by atomic mass is 16.6. The number of non-ortho nitro benzene ring substituents is 1. The second-order valence-corrected chi connectivity index (χ2v) is 6.19. The predicted molar refractivity (Wildman–Crippen MR) is 102 cm³/mol. The summed E-state index contributed by atoms with van der Waals surface area (Å²) in [6.07, 6.45) is 1.38. The lowest BCUT2D eigenvalue weighted by Gasteiger charge is -2.16. The van der Waals surface area contributed by atoms with Gasteiger partial charge < -0.3 is 15.5 Å². The van der Waals surface area contributed by atoms with Crippen molar-refractivity contribution in [1.29, 1.82) is 0 Å². The fourth-order valence-corrected chi connectivity index (χ4v) is 2.92. The molecule has 2 amide bonds. The van der Waals surface area contributed by atoms with Gasteiger partial charge in [-0.3, -0.25) is 19.7 Å². The van der Waals surface area contributed by atoms with Gasteiger partial charge in [0.1, 0.15) is 0 Å². The molecule has 0 atom stereocenters. The number of nitrogens with one attached hydrogen (secondary N) is 2. The molecule has 3 rings (SSSR count). The average molecular weight is 368 g/mol. The molecule has 0 saturated carbocycles. The van der Waals surface area contributed by atoms with E-state index in [-0.39, 0.29) is 17.5 Å². The van der Waals surface area contributed by atoms with Gasteiger partial charge in [0.05, 0.1) is 4.92 Å². The molecule has 1 heterocycles. The molecule has 8 heteroatoms. The third-order valence-corrected chi connectivity index (χ3v) is 4.31. The van der Waals surface area contributed by atoms with E-state index in [1.165, 1.54) is 12.1 Å². The second kappa shape index (κ2) is 8.31. The first-order chi connectivity index (χ1) is 13.0. The Morgan fingerprint density at radius 2 is 1.93 bits per heavy atom. The van der Waals surface area contributed by atoms with Crippen molar-refractivity contribution < 1.29 is 14.5 Å². The van der Waals surface area contributed by atoms with Gasteiger partial charge in [-0.25, -0.2) is 0 Å². The van der Waals surface area contributed by atoms with E-state index in [4.69, 9.17) is 0 Å². The minimum Gasteiger partial charge on any atom is -0.383 e. The zero-order chi connectivity index (χ0) is 19.2. The molecule has 1 aliphatic heterocycles. The van der Waals surface area contributed by atoms with Crippen molar-refractivity contribution in [3.05, 3.63) is 64.2 Å². The van der Waals surface area contributed by atoms with Crippen molar-refractivity contribution in [1.82, 2.24) is 5.32 Å². The van der Waals surface area contributed by atoms with Crippen LogP contribution in [0.2, 0.25) is 0 Å². The molecular weight excluding hydrogens is 348 g/mol. The van der Waals surface area contributed by atoms with Crippen LogP contribution in [0.1, 0.15) is 23.2 Å². The summed E-state index contributed by atoms with van der Waals surface area (Å²) in [5, 5.41) is 16.5. The number of anilines is 2. The molecular formula is C19H20N4O4. The van der Waals surface area contributed by atoms with Crippen LogP contribution < -0.4 is 15.5 Å². The van der Waals surface area contributed by atoms with E-state index in [0.29, 0.717) is 31.6 Å². The lowest BCUT2D eigenvalue weighted by atomic mass is 10.1. The molecule has 1 aliphatic rings. The third-order valence-electron chi connectivity index (χ3n) is 4.31. The van der Waals surface area contributed by atoms with E-state index >= 15 is 0 Å². The van der Waals surface area contributed by atoms with Gasteiger partial charge >= 0.3 is 0 Å². The lowest BCUT2D eigenvalue weighted by Crippen LogP contribution is -2.29. The quantitative estimate of drug-likeness (QED) is 0.444.